The lowest BCUT2D eigenvalue weighted by atomic mass is 9.92. The second kappa shape index (κ2) is 8.13. The van der Waals surface area contributed by atoms with Crippen molar-refractivity contribution in [2.24, 2.45) is 0 Å². The molecule has 0 saturated carbocycles. The van der Waals surface area contributed by atoms with Gasteiger partial charge in [-0.1, -0.05) is 12.1 Å². The Bertz CT molecular complexity index is 1070. The molecule has 0 bridgehead atoms. The number of thioether (sulfide) groups is 1. The smallest absolute Gasteiger partial charge is 0.262 e. The van der Waals surface area contributed by atoms with E-state index in [1.165, 1.54) is 35.0 Å². The Hall–Kier alpha value is -1.83. The number of fused-ring (bicyclic) bond motifs is 3. The number of ether oxygens (including phenoxy) is 1. The van der Waals surface area contributed by atoms with E-state index in [0.717, 1.165) is 40.8 Å². The Balaban J connectivity index is 1.43. The Morgan fingerprint density at radius 2 is 2.00 bits per heavy atom. The van der Waals surface area contributed by atoms with Crippen molar-refractivity contribution in [3.8, 4) is 5.75 Å². The average Bonchev–Trinajstić information content (AvgIpc) is 3.15. The van der Waals surface area contributed by atoms with Crippen LogP contribution in [0.2, 0.25) is 0 Å². The Kier molecular flexibility index (Phi) is 5.37. The molecule has 0 N–H and O–H groups in total. The van der Waals surface area contributed by atoms with Gasteiger partial charge in [0.25, 0.3) is 5.56 Å². The summed E-state index contributed by atoms with van der Waals surface area (Å²) in [6.45, 7) is 2.93. The minimum absolute atomic E-state index is 0.0936. The zero-order valence-corrected chi connectivity index (χ0v) is 18.2. The summed E-state index contributed by atoms with van der Waals surface area (Å²) >= 11 is 3.79. The summed E-state index contributed by atoms with van der Waals surface area (Å²) < 4.78 is 6.96. The number of hydrogen-bond acceptors (Lipinski definition) is 6. The minimum atomic E-state index is 0.0936. The van der Waals surface area contributed by atoms with E-state index in [1.54, 1.807) is 29.3 Å². The summed E-state index contributed by atoms with van der Waals surface area (Å²) in [6.07, 6.45) is 4.92. The fourth-order valence-corrected chi connectivity index (χ4v) is 6.66. The Labute approximate surface area is 178 Å². The summed E-state index contributed by atoms with van der Waals surface area (Å²) in [5.74, 6) is 3.31. The first kappa shape index (κ1) is 19.2. The number of thiophene rings is 1. The molecular formula is C22H25N3O2S2. The highest BCUT2D eigenvalue weighted by atomic mass is 32.2. The molecule has 0 radical (unpaired) electrons. The van der Waals surface area contributed by atoms with Gasteiger partial charge < -0.3 is 4.74 Å². The molecule has 1 unspecified atom stereocenters. The first-order valence-electron chi connectivity index (χ1n) is 10.2. The van der Waals surface area contributed by atoms with E-state index < -0.39 is 0 Å². The molecule has 1 saturated heterocycles. The van der Waals surface area contributed by atoms with Crippen molar-refractivity contribution in [1.82, 2.24) is 14.5 Å². The van der Waals surface area contributed by atoms with Gasteiger partial charge in [0.15, 0.2) is 0 Å². The van der Waals surface area contributed by atoms with Crippen LogP contribution >= 0.6 is 23.1 Å². The predicted molar refractivity (Wildman–Crippen MR) is 121 cm³/mol. The first-order chi connectivity index (χ1) is 14.2. The van der Waals surface area contributed by atoms with Crippen molar-refractivity contribution in [3.05, 3.63) is 57.0 Å². The predicted octanol–water partition coefficient (Wildman–Crippen LogP) is 3.42. The number of aryl methyl sites for hydroxylation is 1. The Morgan fingerprint density at radius 1 is 1.21 bits per heavy atom. The van der Waals surface area contributed by atoms with E-state index in [9.17, 15) is 4.79 Å². The second-order valence-corrected chi connectivity index (χ2v) is 10.1. The third-order valence-corrected chi connectivity index (χ3v) is 8.19. The van der Waals surface area contributed by atoms with Crippen molar-refractivity contribution in [2.45, 2.75) is 31.8 Å². The lowest BCUT2D eigenvalue weighted by Gasteiger charge is -2.36. The van der Waals surface area contributed by atoms with Crippen LogP contribution in [0.15, 0.2) is 35.4 Å². The number of rotatable bonds is 4. The molecule has 152 valence electrons. The summed E-state index contributed by atoms with van der Waals surface area (Å²) in [5.41, 5.74) is 2.42. The molecule has 29 heavy (non-hydrogen) atoms. The summed E-state index contributed by atoms with van der Waals surface area (Å²) in [4.78, 5) is 22.8. The van der Waals surface area contributed by atoms with E-state index in [2.05, 4.69) is 21.6 Å². The highest BCUT2D eigenvalue weighted by Gasteiger charge is 2.29. The lowest BCUT2D eigenvalue weighted by molar-refractivity contribution is 0.199. The SMILES string of the molecule is COc1ccc(Cn2cnc3sc4c(c3c2=O)CCC(N2CCSCC2)C4)cc1. The molecule has 1 atom stereocenters. The van der Waals surface area contributed by atoms with E-state index >= 15 is 0 Å². The van der Waals surface area contributed by atoms with Crippen molar-refractivity contribution in [1.29, 1.82) is 0 Å². The van der Waals surface area contributed by atoms with Gasteiger partial charge in [0.2, 0.25) is 0 Å². The summed E-state index contributed by atoms with van der Waals surface area (Å²) in [7, 11) is 1.66. The zero-order valence-electron chi connectivity index (χ0n) is 16.6. The fourth-order valence-electron chi connectivity index (χ4n) is 4.48. The monoisotopic (exact) mass is 427 g/mol. The molecule has 7 heteroatoms. The van der Waals surface area contributed by atoms with Crippen LogP contribution in [0.5, 0.6) is 5.75 Å². The summed E-state index contributed by atoms with van der Waals surface area (Å²) in [5, 5.41) is 0.855. The van der Waals surface area contributed by atoms with E-state index in [4.69, 9.17) is 4.74 Å². The molecular weight excluding hydrogens is 402 g/mol. The van der Waals surface area contributed by atoms with Gasteiger partial charge in [0.1, 0.15) is 10.6 Å². The van der Waals surface area contributed by atoms with Gasteiger partial charge in [0.05, 0.1) is 25.4 Å². The number of nitrogens with zero attached hydrogens (tertiary/aromatic N) is 3. The standard InChI is InChI=1S/C22H25N3O2S2/c1-27-17-5-2-15(3-6-17)13-25-14-23-21-20(22(25)26)18-7-4-16(12-19(18)29-21)24-8-10-28-11-9-24/h2-3,5-6,14,16H,4,7-13H2,1H3. The molecule has 1 aromatic carbocycles. The van der Waals surface area contributed by atoms with Crippen LogP contribution in [0.4, 0.5) is 0 Å². The number of benzene rings is 1. The van der Waals surface area contributed by atoms with Gasteiger partial charge >= 0.3 is 0 Å². The quantitative estimate of drug-likeness (QED) is 0.639. The normalized spacial score (nSPS) is 20.0. The van der Waals surface area contributed by atoms with Crippen molar-refractivity contribution < 1.29 is 4.74 Å². The molecule has 5 rings (SSSR count). The van der Waals surface area contributed by atoms with E-state index in [1.807, 2.05) is 24.3 Å². The lowest BCUT2D eigenvalue weighted by Crippen LogP contribution is -2.43. The maximum atomic E-state index is 13.3. The van der Waals surface area contributed by atoms with Crippen molar-refractivity contribution >= 4 is 33.3 Å². The number of methoxy groups -OCH3 is 1. The van der Waals surface area contributed by atoms with Crippen LogP contribution in [0, 0.1) is 0 Å². The highest BCUT2D eigenvalue weighted by molar-refractivity contribution is 7.99. The molecule has 0 spiro atoms. The van der Waals surface area contributed by atoms with E-state index in [0.29, 0.717) is 12.6 Å². The zero-order chi connectivity index (χ0) is 19.8. The van der Waals surface area contributed by atoms with Gasteiger partial charge in [-0.3, -0.25) is 14.3 Å². The topological polar surface area (TPSA) is 47.4 Å². The second-order valence-electron chi connectivity index (χ2n) is 7.75. The number of aromatic nitrogens is 2. The van der Waals surface area contributed by atoms with Gasteiger partial charge in [-0.2, -0.15) is 11.8 Å². The number of hydrogen-bond donors (Lipinski definition) is 0. The Morgan fingerprint density at radius 3 is 2.76 bits per heavy atom. The third kappa shape index (κ3) is 3.71. The maximum Gasteiger partial charge on any atom is 0.262 e. The molecule has 2 aromatic heterocycles. The molecule has 2 aliphatic rings. The maximum absolute atomic E-state index is 13.3. The third-order valence-electron chi connectivity index (χ3n) is 6.08. The average molecular weight is 428 g/mol. The molecule has 1 aliphatic heterocycles. The first-order valence-corrected chi connectivity index (χ1v) is 12.1. The highest BCUT2D eigenvalue weighted by Crippen LogP contribution is 2.35. The molecule has 1 aliphatic carbocycles. The van der Waals surface area contributed by atoms with Gasteiger partial charge in [-0.05, 0) is 42.5 Å². The molecule has 3 aromatic rings. The van der Waals surface area contributed by atoms with Gasteiger partial charge in [-0.15, -0.1) is 11.3 Å². The van der Waals surface area contributed by atoms with Gasteiger partial charge in [0, 0.05) is 35.5 Å². The fraction of sp³-hybridized carbons (Fsp3) is 0.455. The molecule has 1 fully saturated rings. The van der Waals surface area contributed by atoms with Crippen LogP contribution in [0.3, 0.4) is 0 Å². The minimum Gasteiger partial charge on any atom is -0.497 e. The summed E-state index contributed by atoms with van der Waals surface area (Å²) in [6, 6.07) is 8.48. The van der Waals surface area contributed by atoms with Crippen LogP contribution in [-0.2, 0) is 19.4 Å². The van der Waals surface area contributed by atoms with E-state index in [-0.39, 0.29) is 5.56 Å². The molecule has 5 nitrogen and oxygen atoms in total. The van der Waals surface area contributed by atoms with Gasteiger partial charge in [-0.25, -0.2) is 4.98 Å². The van der Waals surface area contributed by atoms with Crippen molar-refractivity contribution in [2.75, 3.05) is 31.7 Å². The largest absolute Gasteiger partial charge is 0.497 e. The van der Waals surface area contributed by atoms with Crippen LogP contribution in [0.1, 0.15) is 22.4 Å². The van der Waals surface area contributed by atoms with Crippen LogP contribution < -0.4 is 10.3 Å². The van der Waals surface area contributed by atoms with Crippen LogP contribution in [0.25, 0.3) is 10.2 Å². The van der Waals surface area contributed by atoms with Crippen molar-refractivity contribution in [3.63, 3.8) is 0 Å². The molecule has 0 amide bonds. The van der Waals surface area contributed by atoms with Crippen LogP contribution in [-0.4, -0.2) is 52.2 Å². The molecule has 3 heterocycles.